The molecule has 0 atom stereocenters. The number of quaternary nitrogens is 1. The van der Waals surface area contributed by atoms with Crippen LogP contribution in [-0.4, -0.2) is 45.3 Å². The minimum atomic E-state index is 1.00. The number of hydrogen-bond donors (Lipinski definition) is 0. The van der Waals surface area contributed by atoms with Gasteiger partial charge in [-0.3, -0.25) is 0 Å². The third-order valence-electron chi connectivity index (χ3n) is 7.42. The minimum Gasteiger partial charge on any atom is -0.372 e. The Hall–Kier alpha value is -3.17. The fraction of sp³-hybridized carbons (Fsp3) is 0.400. The van der Waals surface area contributed by atoms with E-state index in [0.29, 0.717) is 0 Å². The van der Waals surface area contributed by atoms with Crippen LogP contribution in [0.1, 0.15) is 57.1 Å². The maximum Gasteiger partial charge on any atom is 0.213 e. The van der Waals surface area contributed by atoms with E-state index in [1.54, 1.807) is 0 Å². The molecule has 3 heteroatoms. The van der Waals surface area contributed by atoms with Crippen molar-refractivity contribution in [2.24, 2.45) is 0 Å². The van der Waals surface area contributed by atoms with Crippen molar-refractivity contribution in [3.63, 3.8) is 0 Å². The highest BCUT2D eigenvalue weighted by Crippen LogP contribution is 2.25. The number of para-hydroxylation sites is 1. The van der Waals surface area contributed by atoms with Crippen LogP contribution >= 0.6 is 0 Å². The molecular formula is C35H47N3+2. The number of hydrogen-bond acceptors (Lipinski definition) is 1. The van der Waals surface area contributed by atoms with Crippen molar-refractivity contribution in [1.29, 1.82) is 0 Å². The molecule has 4 rings (SSSR count). The third-order valence-corrected chi connectivity index (χ3v) is 7.42. The third kappa shape index (κ3) is 7.45. The SMILES string of the molecule is CCCCN(CCCC)c1ccc2cc(C=Cc3cc[n+](CCC[N+](C)(C)C)c4ccccc34)ccc2c1. The van der Waals surface area contributed by atoms with Crippen LogP contribution in [0.4, 0.5) is 5.69 Å². The molecule has 4 aromatic rings. The van der Waals surface area contributed by atoms with Gasteiger partial charge < -0.3 is 9.38 Å². The van der Waals surface area contributed by atoms with Gasteiger partial charge in [-0.1, -0.05) is 69.2 Å². The average molecular weight is 510 g/mol. The van der Waals surface area contributed by atoms with Gasteiger partial charge in [0.05, 0.1) is 39.5 Å². The molecule has 0 amide bonds. The Morgan fingerprint density at radius 1 is 0.763 bits per heavy atom. The second kappa shape index (κ2) is 13.1. The van der Waals surface area contributed by atoms with Gasteiger partial charge in [0.15, 0.2) is 12.7 Å². The molecule has 0 aliphatic carbocycles. The van der Waals surface area contributed by atoms with E-state index in [0.717, 1.165) is 24.1 Å². The minimum absolute atomic E-state index is 1.00. The van der Waals surface area contributed by atoms with E-state index in [2.05, 4.69) is 130 Å². The van der Waals surface area contributed by atoms with E-state index in [1.165, 1.54) is 77.1 Å². The van der Waals surface area contributed by atoms with E-state index < -0.39 is 0 Å². The van der Waals surface area contributed by atoms with Crippen molar-refractivity contribution in [1.82, 2.24) is 0 Å². The molecule has 0 bridgehead atoms. The molecule has 0 spiro atoms. The first-order chi connectivity index (χ1) is 18.4. The number of benzene rings is 3. The van der Waals surface area contributed by atoms with Crippen LogP contribution in [0.2, 0.25) is 0 Å². The van der Waals surface area contributed by atoms with Crippen molar-refractivity contribution in [2.75, 3.05) is 45.7 Å². The van der Waals surface area contributed by atoms with Gasteiger partial charge in [0.2, 0.25) is 5.52 Å². The van der Waals surface area contributed by atoms with Crippen LogP contribution in [0, 0.1) is 0 Å². The highest BCUT2D eigenvalue weighted by molar-refractivity contribution is 5.91. The van der Waals surface area contributed by atoms with Crippen molar-refractivity contribution in [3.8, 4) is 0 Å². The normalized spacial score (nSPS) is 12.1. The van der Waals surface area contributed by atoms with Gasteiger partial charge in [0.25, 0.3) is 0 Å². The number of nitrogens with zero attached hydrogens (tertiary/aromatic N) is 3. The first-order valence-electron chi connectivity index (χ1n) is 14.6. The molecule has 3 nitrogen and oxygen atoms in total. The molecule has 3 aromatic carbocycles. The lowest BCUT2D eigenvalue weighted by atomic mass is 10.0. The lowest BCUT2D eigenvalue weighted by Gasteiger charge is -2.25. The molecule has 1 aromatic heterocycles. The second-order valence-electron chi connectivity index (χ2n) is 11.7. The number of aryl methyl sites for hydroxylation is 1. The topological polar surface area (TPSA) is 7.12 Å². The van der Waals surface area contributed by atoms with Gasteiger partial charge in [0.1, 0.15) is 0 Å². The van der Waals surface area contributed by atoms with E-state index in [9.17, 15) is 0 Å². The van der Waals surface area contributed by atoms with Crippen LogP contribution in [0.3, 0.4) is 0 Å². The van der Waals surface area contributed by atoms with Gasteiger partial charge in [-0.15, -0.1) is 0 Å². The van der Waals surface area contributed by atoms with E-state index in [1.807, 2.05) is 0 Å². The first-order valence-corrected chi connectivity index (χ1v) is 14.6. The van der Waals surface area contributed by atoms with Crippen molar-refractivity contribution in [3.05, 3.63) is 84.1 Å². The van der Waals surface area contributed by atoms with E-state index in [-0.39, 0.29) is 0 Å². The molecule has 0 unspecified atom stereocenters. The van der Waals surface area contributed by atoms with Gasteiger partial charge in [-0.05, 0) is 59.0 Å². The van der Waals surface area contributed by atoms with Gasteiger partial charge in [-0.25, -0.2) is 0 Å². The zero-order chi connectivity index (χ0) is 27.0. The van der Waals surface area contributed by atoms with Crippen LogP contribution in [0.25, 0.3) is 33.8 Å². The number of unbranched alkanes of at least 4 members (excludes halogenated alkanes) is 2. The predicted octanol–water partition coefficient (Wildman–Crippen LogP) is 7.95. The smallest absolute Gasteiger partial charge is 0.213 e. The van der Waals surface area contributed by atoms with Crippen LogP contribution in [-0.2, 0) is 6.54 Å². The quantitative estimate of drug-likeness (QED) is 0.131. The Morgan fingerprint density at radius 2 is 1.47 bits per heavy atom. The number of fused-ring (bicyclic) bond motifs is 2. The highest BCUT2D eigenvalue weighted by Gasteiger charge is 2.14. The highest BCUT2D eigenvalue weighted by atomic mass is 15.3. The fourth-order valence-corrected chi connectivity index (χ4v) is 5.17. The summed E-state index contributed by atoms with van der Waals surface area (Å²) in [6.07, 6.45) is 12.9. The summed E-state index contributed by atoms with van der Waals surface area (Å²) in [6, 6.07) is 24.9. The first kappa shape index (κ1) is 27.9. The number of anilines is 1. The van der Waals surface area contributed by atoms with E-state index in [4.69, 9.17) is 0 Å². The Morgan fingerprint density at radius 3 is 2.21 bits per heavy atom. The molecule has 0 aliphatic rings. The van der Waals surface area contributed by atoms with Gasteiger partial charge in [-0.2, -0.15) is 4.57 Å². The number of pyridine rings is 1. The lowest BCUT2D eigenvalue weighted by molar-refractivity contribution is -0.873. The Bertz CT molecular complexity index is 1350. The monoisotopic (exact) mass is 509 g/mol. The summed E-state index contributed by atoms with van der Waals surface area (Å²) in [5.41, 5.74) is 5.16. The van der Waals surface area contributed by atoms with Crippen LogP contribution in [0.5, 0.6) is 0 Å². The summed E-state index contributed by atoms with van der Waals surface area (Å²) in [5, 5.41) is 3.92. The summed E-state index contributed by atoms with van der Waals surface area (Å²) < 4.78 is 3.41. The number of rotatable bonds is 13. The molecule has 0 saturated carbocycles. The summed E-state index contributed by atoms with van der Waals surface area (Å²) >= 11 is 0. The molecule has 38 heavy (non-hydrogen) atoms. The summed E-state index contributed by atoms with van der Waals surface area (Å²) in [5.74, 6) is 0. The summed E-state index contributed by atoms with van der Waals surface area (Å²) in [4.78, 5) is 2.56. The molecular weight excluding hydrogens is 462 g/mol. The maximum absolute atomic E-state index is 2.56. The second-order valence-corrected chi connectivity index (χ2v) is 11.7. The van der Waals surface area contributed by atoms with Crippen LogP contribution < -0.4 is 9.47 Å². The molecule has 0 aliphatic heterocycles. The predicted molar refractivity (Wildman–Crippen MR) is 167 cm³/mol. The van der Waals surface area contributed by atoms with Gasteiger partial charge >= 0.3 is 0 Å². The zero-order valence-corrected chi connectivity index (χ0v) is 24.3. The zero-order valence-electron chi connectivity index (χ0n) is 24.3. The molecule has 0 fully saturated rings. The molecule has 200 valence electrons. The Balaban J connectivity index is 1.54. The van der Waals surface area contributed by atoms with Crippen molar-refractivity contribution in [2.45, 2.75) is 52.5 Å². The largest absolute Gasteiger partial charge is 0.372 e. The Labute approximate surface area is 230 Å². The van der Waals surface area contributed by atoms with Gasteiger partial charge in [0, 0.05) is 30.9 Å². The average Bonchev–Trinajstić information content (AvgIpc) is 2.91. The molecule has 0 radical (unpaired) electrons. The number of aromatic nitrogens is 1. The maximum atomic E-state index is 2.56. The van der Waals surface area contributed by atoms with Crippen molar-refractivity contribution < 1.29 is 9.05 Å². The van der Waals surface area contributed by atoms with Crippen molar-refractivity contribution >= 4 is 39.5 Å². The Kier molecular flexibility index (Phi) is 9.58. The summed E-state index contributed by atoms with van der Waals surface area (Å²) in [7, 11) is 6.79. The lowest BCUT2D eigenvalue weighted by Crippen LogP contribution is -2.40. The van der Waals surface area contributed by atoms with E-state index >= 15 is 0 Å². The standard InChI is InChI=1S/C35H47N3/c1-6-8-22-36(23-9-7-2)33-20-19-31-27-29(16-18-32(31)28-33)15-17-30-21-25-37(24-12-26-38(3,4)5)35-14-11-10-13-34(30)35/h10-11,13-21,25,27-28H,6-9,12,22-24,26H2,1-5H3/q+2. The molecule has 0 N–H and O–H groups in total. The summed E-state index contributed by atoms with van der Waals surface area (Å²) in [6.45, 7) is 9.05. The molecule has 1 heterocycles. The fourth-order valence-electron chi connectivity index (χ4n) is 5.17. The van der Waals surface area contributed by atoms with Crippen LogP contribution in [0.15, 0.2) is 72.9 Å². The molecule has 0 saturated heterocycles.